The Morgan fingerprint density at radius 3 is 2.40 bits per heavy atom. The molecule has 0 spiro atoms. The third kappa shape index (κ3) is 5.29. The van der Waals surface area contributed by atoms with Crippen LogP contribution in [-0.4, -0.2) is 47.7 Å². The van der Waals surface area contributed by atoms with Crippen LogP contribution in [0.25, 0.3) is 10.9 Å². The molecule has 0 aliphatic carbocycles. The molecule has 4 aromatic rings. The van der Waals surface area contributed by atoms with Gasteiger partial charge in [-0.05, 0) is 79.7 Å². The molecule has 1 aliphatic heterocycles. The van der Waals surface area contributed by atoms with E-state index in [0.29, 0.717) is 5.11 Å². The lowest BCUT2D eigenvalue weighted by atomic mass is 10.1. The van der Waals surface area contributed by atoms with E-state index in [2.05, 4.69) is 64.4 Å². The monoisotopic (exact) mass is 481 g/mol. The van der Waals surface area contributed by atoms with Crippen molar-refractivity contribution in [1.29, 1.82) is 0 Å². The molecule has 1 saturated heterocycles. The van der Waals surface area contributed by atoms with Crippen molar-refractivity contribution in [2.75, 3.05) is 42.5 Å². The number of pyridine rings is 1. The average molecular weight is 482 g/mol. The van der Waals surface area contributed by atoms with Crippen LogP contribution in [0, 0.1) is 6.92 Å². The lowest BCUT2D eigenvalue weighted by Crippen LogP contribution is -2.47. The predicted molar refractivity (Wildman–Crippen MR) is 151 cm³/mol. The summed E-state index contributed by atoms with van der Waals surface area (Å²) in [4.78, 5) is 11.7. The van der Waals surface area contributed by atoms with Crippen LogP contribution < -0.4 is 15.5 Å². The number of piperazine rings is 1. The molecule has 0 saturated carbocycles. The number of benzene rings is 3. The second kappa shape index (κ2) is 10.4. The third-order valence-electron chi connectivity index (χ3n) is 6.68. The topological polar surface area (TPSA) is 48.6 Å². The van der Waals surface area contributed by atoms with Crippen LogP contribution in [-0.2, 0) is 6.42 Å². The first-order valence-electron chi connectivity index (χ1n) is 12.2. The first kappa shape index (κ1) is 23.3. The standard InChI is InChI=1S/C29H31N5S/c1-22-13-14-26-27(31-22)11-6-12-28(26)33-19-17-32(18-20-33)16-15-23-7-5-10-25(21-23)34(29(30)35)24-8-3-2-4-9-24/h2-14,21H,15-20H2,1H3,(H2,30,35). The number of fused-ring (bicyclic) bond motifs is 1. The van der Waals surface area contributed by atoms with Gasteiger partial charge in [0.25, 0.3) is 0 Å². The van der Waals surface area contributed by atoms with Crippen molar-refractivity contribution in [1.82, 2.24) is 9.88 Å². The van der Waals surface area contributed by atoms with Crippen molar-refractivity contribution in [3.63, 3.8) is 0 Å². The molecular weight excluding hydrogens is 450 g/mol. The number of nitrogens with two attached hydrogens (primary N) is 1. The van der Waals surface area contributed by atoms with E-state index in [1.54, 1.807) is 0 Å². The highest BCUT2D eigenvalue weighted by Gasteiger charge is 2.19. The van der Waals surface area contributed by atoms with Crippen molar-refractivity contribution in [2.24, 2.45) is 5.73 Å². The van der Waals surface area contributed by atoms with Gasteiger partial charge in [-0.25, -0.2) is 0 Å². The van der Waals surface area contributed by atoms with Gasteiger partial charge < -0.3 is 10.6 Å². The van der Waals surface area contributed by atoms with E-state index in [4.69, 9.17) is 22.9 Å². The van der Waals surface area contributed by atoms with Crippen molar-refractivity contribution >= 4 is 45.3 Å². The lowest BCUT2D eigenvalue weighted by Gasteiger charge is -2.36. The van der Waals surface area contributed by atoms with E-state index >= 15 is 0 Å². The maximum atomic E-state index is 6.09. The summed E-state index contributed by atoms with van der Waals surface area (Å²) in [6.07, 6.45) is 0.991. The molecule has 0 amide bonds. The van der Waals surface area contributed by atoms with Crippen LogP contribution >= 0.6 is 12.2 Å². The summed E-state index contributed by atoms with van der Waals surface area (Å²) in [7, 11) is 0. The summed E-state index contributed by atoms with van der Waals surface area (Å²) in [6, 6.07) is 29.3. The van der Waals surface area contributed by atoms with Crippen molar-refractivity contribution in [2.45, 2.75) is 13.3 Å². The Bertz CT molecular complexity index is 1320. The molecule has 3 aromatic carbocycles. The van der Waals surface area contributed by atoms with E-state index in [-0.39, 0.29) is 0 Å². The Morgan fingerprint density at radius 1 is 0.886 bits per heavy atom. The van der Waals surface area contributed by atoms with Gasteiger partial charge in [0.05, 0.1) is 5.52 Å². The highest BCUT2D eigenvalue weighted by Crippen LogP contribution is 2.28. The summed E-state index contributed by atoms with van der Waals surface area (Å²) >= 11 is 5.37. The number of hydrogen-bond acceptors (Lipinski definition) is 4. The molecule has 0 unspecified atom stereocenters. The molecule has 2 heterocycles. The Labute approximate surface area is 212 Å². The molecule has 1 aromatic heterocycles. The number of aromatic nitrogens is 1. The first-order chi connectivity index (χ1) is 17.1. The summed E-state index contributed by atoms with van der Waals surface area (Å²) < 4.78 is 0. The van der Waals surface area contributed by atoms with Gasteiger partial charge in [0.15, 0.2) is 5.11 Å². The van der Waals surface area contributed by atoms with Gasteiger partial charge in [0.1, 0.15) is 0 Å². The number of para-hydroxylation sites is 1. The minimum atomic E-state index is 0.350. The number of thiocarbonyl (C=S) groups is 1. The lowest BCUT2D eigenvalue weighted by molar-refractivity contribution is 0.261. The summed E-state index contributed by atoms with van der Waals surface area (Å²) in [5.74, 6) is 0. The normalized spacial score (nSPS) is 14.3. The van der Waals surface area contributed by atoms with Gasteiger partial charge >= 0.3 is 0 Å². The molecule has 35 heavy (non-hydrogen) atoms. The Morgan fingerprint density at radius 2 is 1.63 bits per heavy atom. The van der Waals surface area contributed by atoms with Crippen molar-refractivity contribution in [3.8, 4) is 0 Å². The number of anilines is 3. The Kier molecular flexibility index (Phi) is 6.93. The van der Waals surface area contributed by atoms with Gasteiger partial charge in [0.2, 0.25) is 0 Å². The fourth-order valence-corrected chi connectivity index (χ4v) is 5.06. The summed E-state index contributed by atoms with van der Waals surface area (Å²) in [5.41, 5.74) is 12.8. The fraction of sp³-hybridized carbons (Fsp3) is 0.241. The van der Waals surface area contributed by atoms with Crippen LogP contribution in [0.1, 0.15) is 11.3 Å². The number of rotatable bonds is 6. The number of hydrogen-bond donors (Lipinski definition) is 1. The fourth-order valence-electron chi connectivity index (χ4n) is 4.85. The van der Waals surface area contributed by atoms with Crippen LogP contribution in [0.15, 0.2) is 84.9 Å². The van der Waals surface area contributed by atoms with Crippen LogP contribution in [0.4, 0.5) is 17.1 Å². The quantitative estimate of drug-likeness (QED) is 0.378. The van der Waals surface area contributed by atoms with E-state index in [1.807, 2.05) is 42.2 Å². The van der Waals surface area contributed by atoms with E-state index in [1.165, 1.54) is 16.6 Å². The largest absolute Gasteiger partial charge is 0.376 e. The maximum absolute atomic E-state index is 6.09. The van der Waals surface area contributed by atoms with Crippen molar-refractivity contribution < 1.29 is 0 Å². The van der Waals surface area contributed by atoms with Gasteiger partial charge in [-0.1, -0.05) is 36.4 Å². The molecule has 0 bridgehead atoms. The molecular formula is C29H31N5S. The molecule has 6 heteroatoms. The highest BCUT2D eigenvalue weighted by atomic mass is 32.1. The molecule has 2 N–H and O–H groups in total. The van der Waals surface area contributed by atoms with Gasteiger partial charge in [-0.15, -0.1) is 0 Å². The van der Waals surface area contributed by atoms with E-state index in [0.717, 1.165) is 61.7 Å². The minimum Gasteiger partial charge on any atom is -0.376 e. The minimum absolute atomic E-state index is 0.350. The Balaban J connectivity index is 1.22. The zero-order valence-corrected chi connectivity index (χ0v) is 20.9. The highest BCUT2D eigenvalue weighted by molar-refractivity contribution is 7.80. The molecule has 0 radical (unpaired) electrons. The second-order valence-corrected chi connectivity index (χ2v) is 9.47. The molecule has 178 valence electrons. The smallest absolute Gasteiger partial charge is 0.175 e. The van der Waals surface area contributed by atoms with E-state index in [9.17, 15) is 0 Å². The second-order valence-electron chi connectivity index (χ2n) is 9.05. The molecule has 1 fully saturated rings. The molecule has 5 nitrogen and oxygen atoms in total. The Hall–Kier alpha value is -3.48. The zero-order chi connectivity index (χ0) is 24.2. The third-order valence-corrected chi connectivity index (χ3v) is 6.86. The van der Waals surface area contributed by atoms with Gasteiger partial charge in [0, 0.05) is 60.9 Å². The zero-order valence-electron chi connectivity index (χ0n) is 20.1. The molecule has 0 atom stereocenters. The summed E-state index contributed by atoms with van der Waals surface area (Å²) in [5, 5.41) is 1.59. The number of aryl methyl sites for hydroxylation is 1. The summed E-state index contributed by atoms with van der Waals surface area (Å²) in [6.45, 7) is 7.24. The van der Waals surface area contributed by atoms with Crippen LogP contribution in [0.2, 0.25) is 0 Å². The van der Waals surface area contributed by atoms with Crippen LogP contribution in [0.3, 0.4) is 0 Å². The van der Waals surface area contributed by atoms with E-state index < -0.39 is 0 Å². The SMILES string of the molecule is Cc1ccc2c(N3CCN(CCc4cccc(N(C(N)=S)c5ccccc5)c4)CC3)cccc2n1. The first-order valence-corrected chi connectivity index (χ1v) is 12.6. The van der Waals surface area contributed by atoms with Crippen molar-refractivity contribution in [3.05, 3.63) is 96.2 Å². The van der Waals surface area contributed by atoms with Gasteiger partial charge in [-0.3, -0.25) is 14.8 Å². The van der Waals surface area contributed by atoms with Gasteiger partial charge in [-0.2, -0.15) is 0 Å². The average Bonchev–Trinajstić information content (AvgIpc) is 2.88. The molecule has 5 rings (SSSR count). The van der Waals surface area contributed by atoms with Crippen LogP contribution in [0.5, 0.6) is 0 Å². The number of nitrogens with zero attached hydrogens (tertiary/aromatic N) is 4. The predicted octanol–water partition coefficient (Wildman–Crippen LogP) is 5.29. The molecule has 1 aliphatic rings. The maximum Gasteiger partial charge on any atom is 0.175 e.